The highest BCUT2D eigenvalue weighted by molar-refractivity contribution is 9.10. The molecular weight excluding hydrogens is 284 g/mol. The van der Waals surface area contributed by atoms with Crippen molar-refractivity contribution in [3.05, 3.63) is 27.7 Å². The van der Waals surface area contributed by atoms with Crippen LogP contribution in [-0.4, -0.2) is 17.6 Å². The van der Waals surface area contributed by atoms with E-state index in [0.717, 1.165) is 23.0 Å². The zero-order valence-corrected chi connectivity index (χ0v) is 11.9. The fourth-order valence-electron chi connectivity index (χ4n) is 1.52. The third-order valence-corrected chi connectivity index (χ3v) is 3.87. The SMILES string of the molecule is CC(C)NCCc1nc2cc(Br)ccc2s1. The molecule has 0 aliphatic carbocycles. The molecule has 0 saturated carbocycles. The molecule has 0 bridgehead atoms. The Morgan fingerprint density at radius 1 is 1.44 bits per heavy atom. The van der Waals surface area contributed by atoms with Crippen LogP contribution in [0.15, 0.2) is 22.7 Å². The summed E-state index contributed by atoms with van der Waals surface area (Å²) in [6, 6.07) is 6.81. The molecule has 0 aliphatic rings. The second-order valence-corrected chi connectivity index (χ2v) is 6.11. The van der Waals surface area contributed by atoms with Gasteiger partial charge in [0.25, 0.3) is 0 Å². The van der Waals surface area contributed by atoms with Crippen molar-refractivity contribution in [3.63, 3.8) is 0 Å². The first kappa shape index (κ1) is 12.0. The summed E-state index contributed by atoms with van der Waals surface area (Å²) < 4.78 is 2.36. The standard InChI is InChI=1S/C12H15BrN2S/c1-8(2)14-6-5-12-15-10-7-9(13)3-4-11(10)16-12/h3-4,7-8,14H,5-6H2,1-2H3. The first-order chi connectivity index (χ1) is 7.65. The summed E-state index contributed by atoms with van der Waals surface area (Å²) in [6.45, 7) is 5.32. The maximum Gasteiger partial charge on any atom is 0.0951 e. The van der Waals surface area contributed by atoms with Crippen molar-refractivity contribution in [2.24, 2.45) is 0 Å². The van der Waals surface area contributed by atoms with E-state index in [1.165, 1.54) is 9.71 Å². The Bertz CT molecular complexity index is 479. The lowest BCUT2D eigenvalue weighted by atomic mass is 10.3. The molecule has 0 atom stereocenters. The minimum atomic E-state index is 0.545. The van der Waals surface area contributed by atoms with E-state index in [4.69, 9.17) is 0 Å². The third kappa shape index (κ3) is 3.03. The number of nitrogens with one attached hydrogen (secondary N) is 1. The van der Waals surface area contributed by atoms with Crippen LogP contribution in [0.2, 0.25) is 0 Å². The molecule has 0 amide bonds. The summed E-state index contributed by atoms with van der Waals surface area (Å²) >= 11 is 5.25. The molecule has 1 aromatic carbocycles. The molecule has 1 heterocycles. The smallest absolute Gasteiger partial charge is 0.0951 e. The summed E-state index contributed by atoms with van der Waals surface area (Å²) in [6.07, 6.45) is 1.01. The molecule has 0 aliphatic heterocycles. The van der Waals surface area contributed by atoms with Gasteiger partial charge < -0.3 is 5.32 Å². The Hall–Kier alpha value is -0.450. The van der Waals surface area contributed by atoms with Crippen LogP contribution in [0.4, 0.5) is 0 Å². The van der Waals surface area contributed by atoms with Gasteiger partial charge in [-0.05, 0) is 18.2 Å². The lowest BCUT2D eigenvalue weighted by molar-refractivity contribution is 0.590. The minimum absolute atomic E-state index is 0.545. The van der Waals surface area contributed by atoms with E-state index in [1.807, 2.05) is 0 Å². The van der Waals surface area contributed by atoms with Gasteiger partial charge in [-0.3, -0.25) is 0 Å². The molecule has 2 aromatic rings. The Kier molecular flexibility index (Phi) is 3.95. The van der Waals surface area contributed by atoms with Crippen molar-refractivity contribution < 1.29 is 0 Å². The van der Waals surface area contributed by atoms with E-state index < -0.39 is 0 Å². The average molecular weight is 299 g/mol. The van der Waals surface area contributed by atoms with Gasteiger partial charge in [-0.2, -0.15) is 0 Å². The normalized spacial score (nSPS) is 11.5. The van der Waals surface area contributed by atoms with E-state index in [2.05, 4.69) is 58.3 Å². The number of aromatic nitrogens is 1. The highest BCUT2D eigenvalue weighted by atomic mass is 79.9. The molecule has 2 rings (SSSR count). The van der Waals surface area contributed by atoms with Crippen molar-refractivity contribution in [3.8, 4) is 0 Å². The Balaban J connectivity index is 2.08. The predicted molar refractivity (Wildman–Crippen MR) is 74.2 cm³/mol. The molecule has 0 saturated heterocycles. The van der Waals surface area contributed by atoms with Crippen LogP contribution in [0.3, 0.4) is 0 Å². The molecular formula is C12H15BrN2S. The summed E-state index contributed by atoms with van der Waals surface area (Å²) in [5.41, 5.74) is 1.10. The van der Waals surface area contributed by atoms with Crippen LogP contribution >= 0.6 is 27.3 Å². The van der Waals surface area contributed by atoms with Gasteiger partial charge in [-0.15, -0.1) is 11.3 Å². The Labute approximate surface area is 108 Å². The first-order valence-electron chi connectivity index (χ1n) is 5.43. The molecule has 1 aromatic heterocycles. The van der Waals surface area contributed by atoms with Gasteiger partial charge in [0, 0.05) is 23.5 Å². The summed E-state index contributed by atoms with van der Waals surface area (Å²) in [4.78, 5) is 4.62. The van der Waals surface area contributed by atoms with E-state index >= 15 is 0 Å². The van der Waals surface area contributed by atoms with Gasteiger partial charge in [0.2, 0.25) is 0 Å². The van der Waals surface area contributed by atoms with Gasteiger partial charge in [-0.1, -0.05) is 29.8 Å². The number of benzene rings is 1. The van der Waals surface area contributed by atoms with Crippen molar-refractivity contribution >= 4 is 37.5 Å². The van der Waals surface area contributed by atoms with Crippen LogP contribution in [0, 0.1) is 0 Å². The van der Waals surface area contributed by atoms with E-state index in [0.29, 0.717) is 6.04 Å². The number of hydrogen-bond acceptors (Lipinski definition) is 3. The monoisotopic (exact) mass is 298 g/mol. The zero-order valence-electron chi connectivity index (χ0n) is 9.46. The molecule has 16 heavy (non-hydrogen) atoms. The summed E-state index contributed by atoms with van der Waals surface area (Å²) in [7, 11) is 0. The number of nitrogens with zero attached hydrogens (tertiary/aromatic N) is 1. The van der Waals surface area contributed by atoms with Crippen LogP contribution in [0.1, 0.15) is 18.9 Å². The molecule has 0 spiro atoms. The Morgan fingerprint density at radius 2 is 2.25 bits per heavy atom. The van der Waals surface area contributed by atoms with Crippen LogP contribution in [-0.2, 0) is 6.42 Å². The van der Waals surface area contributed by atoms with Gasteiger partial charge in [0.1, 0.15) is 0 Å². The molecule has 0 unspecified atom stereocenters. The van der Waals surface area contributed by atoms with Crippen molar-refractivity contribution in [2.45, 2.75) is 26.3 Å². The van der Waals surface area contributed by atoms with Crippen molar-refractivity contribution in [1.29, 1.82) is 0 Å². The quantitative estimate of drug-likeness (QED) is 0.933. The molecule has 4 heteroatoms. The highest BCUT2D eigenvalue weighted by Gasteiger charge is 2.04. The van der Waals surface area contributed by atoms with Crippen molar-refractivity contribution in [2.75, 3.05) is 6.54 Å². The fourth-order valence-corrected chi connectivity index (χ4v) is 2.82. The van der Waals surface area contributed by atoms with Gasteiger partial charge in [0.15, 0.2) is 0 Å². The minimum Gasteiger partial charge on any atom is -0.314 e. The lowest BCUT2D eigenvalue weighted by Crippen LogP contribution is -2.24. The molecule has 0 fully saturated rings. The van der Waals surface area contributed by atoms with Crippen LogP contribution in [0.5, 0.6) is 0 Å². The molecule has 0 radical (unpaired) electrons. The van der Waals surface area contributed by atoms with E-state index in [-0.39, 0.29) is 0 Å². The predicted octanol–water partition coefficient (Wildman–Crippen LogP) is 3.60. The molecule has 2 nitrogen and oxygen atoms in total. The number of fused-ring (bicyclic) bond motifs is 1. The number of rotatable bonds is 4. The summed E-state index contributed by atoms with van der Waals surface area (Å²) in [5.74, 6) is 0. The van der Waals surface area contributed by atoms with Gasteiger partial charge in [0.05, 0.1) is 15.2 Å². The third-order valence-electron chi connectivity index (χ3n) is 2.29. The largest absolute Gasteiger partial charge is 0.314 e. The number of hydrogen-bond donors (Lipinski definition) is 1. The van der Waals surface area contributed by atoms with E-state index in [1.54, 1.807) is 11.3 Å². The number of halogens is 1. The lowest BCUT2D eigenvalue weighted by Gasteiger charge is -2.05. The highest BCUT2D eigenvalue weighted by Crippen LogP contribution is 2.25. The topological polar surface area (TPSA) is 24.9 Å². The second kappa shape index (κ2) is 5.25. The fraction of sp³-hybridized carbons (Fsp3) is 0.417. The van der Waals surface area contributed by atoms with Gasteiger partial charge in [-0.25, -0.2) is 4.98 Å². The average Bonchev–Trinajstić information content (AvgIpc) is 2.58. The maximum atomic E-state index is 4.62. The van der Waals surface area contributed by atoms with Crippen molar-refractivity contribution in [1.82, 2.24) is 10.3 Å². The van der Waals surface area contributed by atoms with Crippen LogP contribution < -0.4 is 5.32 Å². The zero-order chi connectivity index (χ0) is 11.5. The van der Waals surface area contributed by atoms with Gasteiger partial charge >= 0.3 is 0 Å². The molecule has 86 valence electrons. The Morgan fingerprint density at radius 3 is 3.00 bits per heavy atom. The van der Waals surface area contributed by atoms with E-state index in [9.17, 15) is 0 Å². The first-order valence-corrected chi connectivity index (χ1v) is 7.04. The maximum absolute atomic E-state index is 4.62. The summed E-state index contributed by atoms with van der Waals surface area (Å²) in [5, 5.41) is 4.62. The second-order valence-electron chi connectivity index (χ2n) is 4.08. The molecule has 1 N–H and O–H groups in total. The number of thiazole rings is 1. The van der Waals surface area contributed by atoms with Crippen LogP contribution in [0.25, 0.3) is 10.2 Å².